The number of amides is 1. The number of carbonyl (C=O) groups is 1. The summed E-state index contributed by atoms with van der Waals surface area (Å²) in [5.41, 5.74) is 4.55. The molecule has 6 rings (SSSR count). The summed E-state index contributed by atoms with van der Waals surface area (Å²) in [7, 11) is 0. The molecular formula is C29H37N2O3-. The van der Waals surface area contributed by atoms with E-state index < -0.39 is 6.09 Å². The summed E-state index contributed by atoms with van der Waals surface area (Å²) < 4.78 is 5.84. The van der Waals surface area contributed by atoms with E-state index in [0.29, 0.717) is 12.5 Å². The Kier molecular flexibility index (Phi) is 6.32. The Morgan fingerprint density at radius 3 is 2.59 bits per heavy atom. The average molecular weight is 462 g/mol. The van der Waals surface area contributed by atoms with Crippen LogP contribution < -0.4 is 9.84 Å². The third-order valence-corrected chi connectivity index (χ3v) is 8.32. The van der Waals surface area contributed by atoms with Crippen molar-refractivity contribution < 1.29 is 14.6 Å². The summed E-state index contributed by atoms with van der Waals surface area (Å²) in [6.07, 6.45) is 4.05. The van der Waals surface area contributed by atoms with Crippen LogP contribution in [0, 0.1) is 11.3 Å². The summed E-state index contributed by atoms with van der Waals surface area (Å²) in [6, 6.07) is 14.7. The number of carboxylic acid groups (broad SMARTS) is 1. The Bertz CT molecular complexity index is 1040. The molecule has 4 aliphatic rings. The van der Waals surface area contributed by atoms with E-state index in [0.717, 1.165) is 74.2 Å². The number of nitrogens with zero attached hydrogens (tertiary/aromatic N) is 2. The van der Waals surface area contributed by atoms with Gasteiger partial charge in [0.05, 0.1) is 12.6 Å². The molecule has 34 heavy (non-hydrogen) atoms. The SMILES string of the molecule is CCCOc1cccc(-c2ccc3c(c2)CCC(C)(C)[C@H]3N(C(=O)[O-])[C@@H]2CN3CCC2CC3)c1. The predicted octanol–water partition coefficient (Wildman–Crippen LogP) is 4.90. The number of piperidine rings is 3. The van der Waals surface area contributed by atoms with E-state index in [2.05, 4.69) is 56.0 Å². The highest BCUT2D eigenvalue weighted by molar-refractivity contribution is 5.68. The van der Waals surface area contributed by atoms with Crippen LogP contribution in [0.15, 0.2) is 42.5 Å². The number of carbonyl (C=O) groups excluding carboxylic acids is 1. The molecule has 0 spiro atoms. The Hall–Kier alpha value is -2.53. The maximum absolute atomic E-state index is 12.7. The molecule has 1 aliphatic carbocycles. The lowest BCUT2D eigenvalue weighted by atomic mass is 9.68. The molecule has 5 heteroatoms. The van der Waals surface area contributed by atoms with Gasteiger partial charge in [-0.25, -0.2) is 0 Å². The largest absolute Gasteiger partial charge is 0.530 e. The van der Waals surface area contributed by atoms with E-state index in [-0.39, 0.29) is 17.5 Å². The molecule has 0 saturated carbocycles. The van der Waals surface area contributed by atoms with Crippen molar-refractivity contribution in [1.82, 2.24) is 9.80 Å². The zero-order valence-corrected chi connectivity index (χ0v) is 20.8. The van der Waals surface area contributed by atoms with E-state index >= 15 is 0 Å². The summed E-state index contributed by atoms with van der Waals surface area (Å²) in [5.74, 6) is 1.33. The lowest BCUT2D eigenvalue weighted by molar-refractivity contribution is -0.277. The number of ether oxygens (including phenoxy) is 1. The van der Waals surface area contributed by atoms with E-state index in [1.165, 1.54) is 5.56 Å². The van der Waals surface area contributed by atoms with Gasteiger partial charge in [-0.1, -0.05) is 51.1 Å². The minimum atomic E-state index is -1.02. The maximum atomic E-state index is 12.7. The zero-order chi connectivity index (χ0) is 23.9. The molecule has 182 valence electrons. The first kappa shape index (κ1) is 23.2. The number of hydrogen-bond donors (Lipinski definition) is 0. The summed E-state index contributed by atoms with van der Waals surface area (Å²) in [5, 5.41) is 12.7. The molecule has 3 saturated heterocycles. The van der Waals surface area contributed by atoms with Crippen LogP contribution in [0.5, 0.6) is 5.75 Å². The van der Waals surface area contributed by atoms with Crippen molar-refractivity contribution in [2.45, 2.75) is 65.0 Å². The second-order valence-electron chi connectivity index (χ2n) is 11.1. The molecule has 2 atom stereocenters. The minimum absolute atomic E-state index is 0.0230. The number of benzene rings is 2. The monoisotopic (exact) mass is 461 g/mol. The molecule has 5 nitrogen and oxygen atoms in total. The standard InChI is InChI=1S/C29H38N2O3/c1-4-16-34-24-7-5-6-21(18-24)22-8-9-25-23(17-22)10-13-29(2,3)27(25)31(28(32)33)26-19-30-14-11-20(26)12-15-30/h5-9,17-18,20,26-27H,4,10-16,19H2,1-3H3,(H,32,33)/p-1/t26-,27+/m1/s1. The van der Waals surface area contributed by atoms with Crippen LogP contribution >= 0.6 is 0 Å². The highest BCUT2D eigenvalue weighted by Gasteiger charge is 2.46. The van der Waals surface area contributed by atoms with E-state index in [9.17, 15) is 9.90 Å². The topological polar surface area (TPSA) is 55.8 Å². The van der Waals surface area contributed by atoms with Crippen molar-refractivity contribution >= 4 is 6.09 Å². The summed E-state index contributed by atoms with van der Waals surface area (Å²) in [6.45, 7) is 10.3. The Morgan fingerprint density at radius 1 is 1.15 bits per heavy atom. The van der Waals surface area contributed by atoms with Crippen LogP contribution in [0.2, 0.25) is 0 Å². The van der Waals surface area contributed by atoms with Gasteiger partial charge in [-0.15, -0.1) is 0 Å². The van der Waals surface area contributed by atoms with Crippen molar-refractivity contribution in [3.63, 3.8) is 0 Å². The number of rotatable bonds is 6. The fraction of sp³-hybridized carbons (Fsp3) is 0.552. The van der Waals surface area contributed by atoms with Gasteiger partial charge in [-0.05, 0) is 90.9 Å². The van der Waals surface area contributed by atoms with Gasteiger partial charge in [0.1, 0.15) is 11.8 Å². The first-order valence-electron chi connectivity index (χ1n) is 12.9. The van der Waals surface area contributed by atoms with Crippen LogP contribution in [0.25, 0.3) is 11.1 Å². The van der Waals surface area contributed by atoms with Gasteiger partial charge in [0.25, 0.3) is 0 Å². The molecule has 3 fully saturated rings. The second kappa shape index (κ2) is 9.26. The van der Waals surface area contributed by atoms with Gasteiger partial charge in [-0.3, -0.25) is 0 Å². The molecule has 0 aromatic heterocycles. The average Bonchev–Trinajstić information content (AvgIpc) is 2.85. The maximum Gasteiger partial charge on any atom is 0.137 e. The molecule has 0 unspecified atom stereocenters. The van der Waals surface area contributed by atoms with Gasteiger partial charge in [0.15, 0.2) is 0 Å². The lowest BCUT2D eigenvalue weighted by Crippen LogP contribution is -2.63. The number of hydrogen-bond acceptors (Lipinski definition) is 4. The van der Waals surface area contributed by atoms with Crippen molar-refractivity contribution in [3.8, 4) is 16.9 Å². The first-order valence-corrected chi connectivity index (χ1v) is 12.9. The quantitative estimate of drug-likeness (QED) is 0.614. The van der Waals surface area contributed by atoms with Crippen molar-refractivity contribution in [2.24, 2.45) is 11.3 Å². The molecule has 0 radical (unpaired) electrons. The summed E-state index contributed by atoms with van der Waals surface area (Å²) >= 11 is 0. The van der Waals surface area contributed by atoms with Gasteiger partial charge in [0, 0.05) is 12.6 Å². The van der Waals surface area contributed by atoms with Gasteiger partial charge < -0.3 is 24.4 Å². The Morgan fingerprint density at radius 2 is 1.91 bits per heavy atom. The van der Waals surface area contributed by atoms with Gasteiger partial charge in [-0.2, -0.15) is 0 Å². The van der Waals surface area contributed by atoms with Crippen LogP contribution in [0.4, 0.5) is 4.79 Å². The van der Waals surface area contributed by atoms with E-state index in [1.807, 2.05) is 12.1 Å². The van der Waals surface area contributed by atoms with Crippen LogP contribution in [0.1, 0.15) is 63.6 Å². The Labute approximate surface area is 203 Å². The fourth-order valence-electron chi connectivity index (χ4n) is 6.48. The molecule has 3 heterocycles. The normalized spacial score (nSPS) is 27.1. The molecule has 3 aliphatic heterocycles. The summed E-state index contributed by atoms with van der Waals surface area (Å²) in [4.78, 5) is 16.8. The van der Waals surface area contributed by atoms with Crippen LogP contribution in [0.3, 0.4) is 0 Å². The zero-order valence-electron chi connectivity index (χ0n) is 20.8. The highest BCUT2D eigenvalue weighted by Crippen LogP contribution is 2.50. The molecule has 0 N–H and O–H groups in total. The third kappa shape index (κ3) is 4.31. The second-order valence-corrected chi connectivity index (χ2v) is 11.1. The highest BCUT2D eigenvalue weighted by atomic mass is 16.5. The van der Waals surface area contributed by atoms with Crippen LogP contribution in [-0.2, 0) is 6.42 Å². The van der Waals surface area contributed by atoms with Gasteiger partial charge in [0.2, 0.25) is 0 Å². The first-order chi connectivity index (χ1) is 16.4. The number of fused-ring (bicyclic) bond motifs is 4. The number of aryl methyl sites for hydroxylation is 1. The molecule has 2 aromatic rings. The van der Waals surface area contributed by atoms with E-state index in [1.54, 1.807) is 4.90 Å². The van der Waals surface area contributed by atoms with Crippen molar-refractivity contribution in [3.05, 3.63) is 53.6 Å². The molecule has 2 bridgehead atoms. The van der Waals surface area contributed by atoms with E-state index in [4.69, 9.17) is 4.74 Å². The lowest BCUT2D eigenvalue weighted by Gasteiger charge is -2.56. The molecule has 2 aromatic carbocycles. The van der Waals surface area contributed by atoms with Crippen molar-refractivity contribution in [1.29, 1.82) is 0 Å². The van der Waals surface area contributed by atoms with Gasteiger partial charge >= 0.3 is 0 Å². The van der Waals surface area contributed by atoms with Crippen LogP contribution in [-0.4, -0.2) is 48.2 Å². The smallest absolute Gasteiger partial charge is 0.137 e. The molecule has 1 amide bonds. The fourth-order valence-corrected chi connectivity index (χ4v) is 6.48. The van der Waals surface area contributed by atoms with Crippen molar-refractivity contribution in [2.75, 3.05) is 26.2 Å². The predicted molar refractivity (Wildman–Crippen MR) is 133 cm³/mol. The molecular weight excluding hydrogens is 424 g/mol. The minimum Gasteiger partial charge on any atom is -0.530 e. The third-order valence-electron chi connectivity index (χ3n) is 8.32. The Balaban J connectivity index is 1.50.